The van der Waals surface area contributed by atoms with E-state index in [9.17, 15) is 0 Å². The Morgan fingerprint density at radius 3 is 2.67 bits per heavy atom. The predicted molar refractivity (Wildman–Crippen MR) is 54.8 cm³/mol. The van der Waals surface area contributed by atoms with E-state index in [2.05, 4.69) is 6.92 Å². The van der Waals surface area contributed by atoms with Gasteiger partial charge in [-0.3, -0.25) is 0 Å². The summed E-state index contributed by atoms with van der Waals surface area (Å²) in [6.45, 7) is 3.61. The molecule has 0 rings (SSSR count). The molecular weight excluding hydrogens is 172 g/mol. The molecule has 0 saturated carbocycles. The second-order valence-electron chi connectivity index (χ2n) is 2.66. The summed E-state index contributed by atoms with van der Waals surface area (Å²) in [6.07, 6.45) is 3.95. The van der Waals surface area contributed by atoms with Crippen molar-refractivity contribution in [2.24, 2.45) is 0 Å². The first-order valence-corrected chi connectivity index (χ1v) is 5.83. The molecule has 3 heteroatoms. The van der Waals surface area contributed by atoms with Gasteiger partial charge in [0, 0.05) is 5.75 Å². The molecule has 0 amide bonds. The summed E-state index contributed by atoms with van der Waals surface area (Å²) in [7, 11) is 0. The van der Waals surface area contributed by atoms with Crippen molar-refractivity contribution in [2.75, 3.05) is 31.3 Å². The molecule has 0 aromatic heterocycles. The monoisotopic (exact) mass is 192 g/mol. The van der Waals surface area contributed by atoms with Crippen LogP contribution in [0.4, 0.5) is 0 Å². The fourth-order valence-electron chi connectivity index (χ4n) is 0.841. The van der Waals surface area contributed by atoms with Crippen molar-refractivity contribution in [1.29, 1.82) is 0 Å². The molecule has 74 valence electrons. The summed E-state index contributed by atoms with van der Waals surface area (Å²) in [6, 6.07) is 0. The molecule has 0 aliphatic rings. The Bertz CT molecular complexity index is 68.9. The van der Waals surface area contributed by atoms with Crippen LogP contribution >= 0.6 is 11.8 Å². The van der Waals surface area contributed by atoms with E-state index in [0.29, 0.717) is 6.61 Å². The molecule has 0 unspecified atom stereocenters. The quantitative estimate of drug-likeness (QED) is 0.566. The van der Waals surface area contributed by atoms with Gasteiger partial charge < -0.3 is 9.84 Å². The molecule has 0 fully saturated rings. The third kappa shape index (κ3) is 10.3. The van der Waals surface area contributed by atoms with E-state index in [0.717, 1.165) is 12.4 Å². The Labute approximate surface area is 79.7 Å². The number of unbranched alkanes of at least 4 members (excludes halogenated alkanes) is 2. The molecule has 12 heavy (non-hydrogen) atoms. The molecule has 0 spiro atoms. The average Bonchev–Trinajstić information content (AvgIpc) is 2.10. The van der Waals surface area contributed by atoms with Crippen LogP contribution in [0, 0.1) is 0 Å². The van der Waals surface area contributed by atoms with E-state index in [1.165, 1.54) is 25.0 Å². The highest BCUT2D eigenvalue weighted by Crippen LogP contribution is 2.05. The lowest BCUT2D eigenvalue weighted by molar-refractivity contribution is 0.103. The van der Waals surface area contributed by atoms with Gasteiger partial charge in [0.2, 0.25) is 0 Å². The van der Waals surface area contributed by atoms with Crippen LogP contribution in [-0.4, -0.2) is 36.4 Å². The molecule has 1 N–H and O–H groups in total. The van der Waals surface area contributed by atoms with Gasteiger partial charge in [-0.2, -0.15) is 11.8 Å². The van der Waals surface area contributed by atoms with E-state index < -0.39 is 0 Å². The highest BCUT2D eigenvalue weighted by atomic mass is 32.2. The number of ether oxygens (including phenoxy) is 1. The molecule has 0 aliphatic heterocycles. The molecule has 0 aliphatic carbocycles. The van der Waals surface area contributed by atoms with Crippen LogP contribution in [0.15, 0.2) is 0 Å². The van der Waals surface area contributed by atoms with Gasteiger partial charge in [-0.05, 0) is 12.2 Å². The Morgan fingerprint density at radius 1 is 1.17 bits per heavy atom. The first-order chi connectivity index (χ1) is 5.91. The Kier molecular flexibility index (Phi) is 11.5. The van der Waals surface area contributed by atoms with Crippen LogP contribution in [0.1, 0.15) is 26.2 Å². The van der Waals surface area contributed by atoms with Gasteiger partial charge in [0.25, 0.3) is 0 Å². The summed E-state index contributed by atoms with van der Waals surface area (Å²) in [5.74, 6) is 2.31. The summed E-state index contributed by atoms with van der Waals surface area (Å²) in [5, 5.41) is 8.41. The highest BCUT2D eigenvalue weighted by Gasteiger charge is 1.89. The minimum Gasteiger partial charge on any atom is -0.394 e. The Balaban J connectivity index is 2.73. The zero-order chi connectivity index (χ0) is 9.07. The van der Waals surface area contributed by atoms with Crippen molar-refractivity contribution in [2.45, 2.75) is 26.2 Å². The average molecular weight is 192 g/mol. The molecule has 0 atom stereocenters. The van der Waals surface area contributed by atoms with Crippen LogP contribution in [0.5, 0.6) is 0 Å². The minimum absolute atomic E-state index is 0.139. The largest absolute Gasteiger partial charge is 0.394 e. The van der Waals surface area contributed by atoms with E-state index in [4.69, 9.17) is 9.84 Å². The standard InChI is InChI=1S/C9H20O2S/c1-2-3-4-8-12-9-7-11-6-5-10/h10H,2-9H2,1H3. The number of rotatable bonds is 9. The molecule has 0 radical (unpaired) electrons. The van der Waals surface area contributed by atoms with Crippen molar-refractivity contribution in [3.05, 3.63) is 0 Å². The van der Waals surface area contributed by atoms with Gasteiger partial charge in [0.15, 0.2) is 0 Å². The Morgan fingerprint density at radius 2 is 2.00 bits per heavy atom. The summed E-state index contributed by atoms with van der Waals surface area (Å²) >= 11 is 1.94. The normalized spacial score (nSPS) is 10.5. The first kappa shape index (κ1) is 12.3. The van der Waals surface area contributed by atoms with Crippen molar-refractivity contribution in [3.63, 3.8) is 0 Å². The second kappa shape index (κ2) is 11.3. The highest BCUT2D eigenvalue weighted by molar-refractivity contribution is 7.99. The van der Waals surface area contributed by atoms with Crippen molar-refractivity contribution < 1.29 is 9.84 Å². The summed E-state index contributed by atoms with van der Waals surface area (Å²) in [4.78, 5) is 0. The zero-order valence-electron chi connectivity index (χ0n) is 7.92. The van der Waals surface area contributed by atoms with E-state index in [-0.39, 0.29) is 6.61 Å². The van der Waals surface area contributed by atoms with Gasteiger partial charge in [-0.25, -0.2) is 0 Å². The maximum absolute atomic E-state index is 8.41. The van der Waals surface area contributed by atoms with Gasteiger partial charge in [-0.15, -0.1) is 0 Å². The van der Waals surface area contributed by atoms with Crippen LogP contribution in [0.2, 0.25) is 0 Å². The fraction of sp³-hybridized carbons (Fsp3) is 1.00. The molecule has 0 saturated heterocycles. The number of aliphatic hydroxyl groups is 1. The second-order valence-corrected chi connectivity index (χ2v) is 3.88. The van der Waals surface area contributed by atoms with Crippen LogP contribution in [0.25, 0.3) is 0 Å². The topological polar surface area (TPSA) is 29.5 Å². The van der Waals surface area contributed by atoms with Crippen LogP contribution in [-0.2, 0) is 4.74 Å². The number of hydrogen-bond acceptors (Lipinski definition) is 3. The predicted octanol–water partition coefficient (Wildman–Crippen LogP) is 1.92. The van der Waals surface area contributed by atoms with Gasteiger partial charge in [-0.1, -0.05) is 19.8 Å². The molecule has 0 aromatic carbocycles. The van der Waals surface area contributed by atoms with E-state index >= 15 is 0 Å². The van der Waals surface area contributed by atoms with Crippen LogP contribution < -0.4 is 0 Å². The number of thioether (sulfide) groups is 1. The molecule has 0 aromatic rings. The molecule has 0 heterocycles. The van der Waals surface area contributed by atoms with E-state index in [1.54, 1.807) is 0 Å². The first-order valence-electron chi connectivity index (χ1n) is 4.68. The minimum atomic E-state index is 0.139. The van der Waals surface area contributed by atoms with E-state index in [1.807, 2.05) is 11.8 Å². The summed E-state index contributed by atoms with van der Waals surface area (Å²) in [5.41, 5.74) is 0. The number of aliphatic hydroxyl groups excluding tert-OH is 1. The molecule has 0 bridgehead atoms. The maximum Gasteiger partial charge on any atom is 0.0698 e. The molecule has 2 nitrogen and oxygen atoms in total. The van der Waals surface area contributed by atoms with Gasteiger partial charge in [0.05, 0.1) is 19.8 Å². The van der Waals surface area contributed by atoms with Crippen molar-refractivity contribution >= 4 is 11.8 Å². The SMILES string of the molecule is CCCCCSCCOCCO. The van der Waals surface area contributed by atoms with Gasteiger partial charge >= 0.3 is 0 Å². The van der Waals surface area contributed by atoms with Gasteiger partial charge in [0.1, 0.15) is 0 Å². The zero-order valence-corrected chi connectivity index (χ0v) is 8.74. The Hall–Kier alpha value is 0.270. The number of hydrogen-bond donors (Lipinski definition) is 1. The summed E-state index contributed by atoms with van der Waals surface area (Å²) < 4.78 is 5.12. The lowest BCUT2D eigenvalue weighted by Gasteiger charge is -2.01. The van der Waals surface area contributed by atoms with Crippen molar-refractivity contribution in [3.8, 4) is 0 Å². The lowest BCUT2D eigenvalue weighted by atomic mass is 10.3. The maximum atomic E-state index is 8.41. The fourth-order valence-corrected chi connectivity index (χ4v) is 1.69. The van der Waals surface area contributed by atoms with Crippen LogP contribution in [0.3, 0.4) is 0 Å². The van der Waals surface area contributed by atoms with Crippen molar-refractivity contribution in [1.82, 2.24) is 0 Å². The smallest absolute Gasteiger partial charge is 0.0698 e. The molecular formula is C9H20O2S. The third-order valence-corrected chi connectivity index (χ3v) is 2.53. The third-order valence-electron chi connectivity index (χ3n) is 1.50. The lowest BCUT2D eigenvalue weighted by Crippen LogP contribution is -2.02.